The number of amides is 1. The number of aliphatic hydroxyl groups excluding tert-OH is 4. The number of rotatable bonds is 18. The molecule has 1 amide bonds. The molecular weight excluding hydrogens is 666 g/mol. The van der Waals surface area contributed by atoms with Gasteiger partial charge in [0.1, 0.15) is 18.3 Å². The number of allylic oxidation sites excluding steroid dienone is 9. The molecule has 1 rings (SSSR count). The first-order chi connectivity index (χ1) is 21.7. The standard InChI is InChI=1S/C33H46BrNO11/c1-4-5-12-24(45-33(35)44)18-23(36)19-27(38)31(41)30(40)21(3)25(34)13-8-6-10-20(2)11-7-9-14-29(39)46-28-17-22(32(42)43)15-16-26(28)37/h5-14,21-24,26,28,30-31,36-37,40-41H,4,15-19H2,1-3H3,(H2,35,44)(H,42,43)/b8-6+,11-7+,12-5+,14-9+,20-10+,25-13-/t21-,22?,23+,24-,26+,28-,30-,31-/m1/s1. The van der Waals surface area contributed by atoms with E-state index in [2.05, 4.69) is 15.9 Å². The van der Waals surface area contributed by atoms with Gasteiger partial charge in [-0.3, -0.25) is 9.59 Å². The fraction of sp³-hybridized carbons (Fsp3) is 0.515. The minimum atomic E-state index is -1.76. The van der Waals surface area contributed by atoms with Gasteiger partial charge in [0.15, 0.2) is 5.78 Å². The number of ether oxygens (including phenoxy) is 2. The molecule has 0 aromatic heterocycles. The topological polar surface area (TPSA) is 214 Å². The molecule has 13 heteroatoms. The van der Waals surface area contributed by atoms with Crippen LogP contribution in [0.5, 0.6) is 0 Å². The predicted molar refractivity (Wildman–Crippen MR) is 174 cm³/mol. The van der Waals surface area contributed by atoms with Crippen molar-refractivity contribution in [2.45, 2.75) is 95.9 Å². The maximum atomic E-state index is 12.5. The first-order valence-corrected chi connectivity index (χ1v) is 15.8. The lowest BCUT2D eigenvalue weighted by atomic mass is 9.85. The summed E-state index contributed by atoms with van der Waals surface area (Å²) in [6, 6.07) is 0. The van der Waals surface area contributed by atoms with E-state index in [1.807, 2.05) is 13.8 Å². The first-order valence-electron chi connectivity index (χ1n) is 15.0. The molecule has 0 bridgehead atoms. The molecule has 0 radical (unpaired) electrons. The van der Waals surface area contributed by atoms with Crippen LogP contribution in [0.4, 0.5) is 4.79 Å². The van der Waals surface area contributed by atoms with E-state index in [0.29, 0.717) is 17.3 Å². The Hall–Kier alpha value is -3.36. The highest BCUT2D eigenvalue weighted by atomic mass is 79.9. The van der Waals surface area contributed by atoms with Crippen LogP contribution in [0.2, 0.25) is 0 Å². The van der Waals surface area contributed by atoms with E-state index in [9.17, 15) is 39.6 Å². The molecule has 1 saturated carbocycles. The van der Waals surface area contributed by atoms with Gasteiger partial charge < -0.3 is 40.7 Å². The van der Waals surface area contributed by atoms with Gasteiger partial charge >= 0.3 is 18.0 Å². The zero-order valence-electron chi connectivity index (χ0n) is 26.3. The Morgan fingerprint density at radius 1 is 1.02 bits per heavy atom. The third-order valence-electron chi connectivity index (χ3n) is 7.20. The molecule has 0 aromatic carbocycles. The summed E-state index contributed by atoms with van der Waals surface area (Å²) in [6.45, 7) is 5.30. The van der Waals surface area contributed by atoms with Gasteiger partial charge in [-0.2, -0.15) is 0 Å². The Morgan fingerprint density at radius 3 is 2.30 bits per heavy atom. The lowest BCUT2D eigenvalue weighted by molar-refractivity contribution is -0.159. The van der Waals surface area contributed by atoms with Gasteiger partial charge in [-0.1, -0.05) is 84.0 Å². The number of aliphatic carboxylic acids is 1. The van der Waals surface area contributed by atoms with Crippen molar-refractivity contribution in [2.24, 2.45) is 17.6 Å². The summed E-state index contributed by atoms with van der Waals surface area (Å²) < 4.78 is 10.6. The van der Waals surface area contributed by atoms with Crippen molar-refractivity contribution in [3.05, 3.63) is 70.8 Å². The number of carboxylic acids is 1. The predicted octanol–water partition coefficient (Wildman–Crippen LogP) is 3.54. The second-order valence-corrected chi connectivity index (χ2v) is 12.0. The zero-order valence-corrected chi connectivity index (χ0v) is 27.9. The smallest absolute Gasteiger partial charge is 0.405 e. The van der Waals surface area contributed by atoms with Crippen LogP contribution in [0.3, 0.4) is 0 Å². The van der Waals surface area contributed by atoms with Crippen molar-refractivity contribution in [2.75, 3.05) is 0 Å². The Bertz CT molecular complexity index is 1210. The van der Waals surface area contributed by atoms with E-state index in [0.717, 1.165) is 5.57 Å². The van der Waals surface area contributed by atoms with Crippen molar-refractivity contribution < 1.29 is 54.2 Å². The third kappa shape index (κ3) is 15.8. The van der Waals surface area contributed by atoms with E-state index in [1.54, 1.807) is 55.5 Å². The number of hydrogen-bond donors (Lipinski definition) is 6. The largest absolute Gasteiger partial charge is 0.481 e. The minimum absolute atomic E-state index is 0.0695. The van der Waals surface area contributed by atoms with Gasteiger partial charge in [0, 0.05) is 35.7 Å². The minimum Gasteiger partial charge on any atom is -0.481 e. The number of esters is 1. The molecule has 1 aliphatic carbocycles. The molecule has 46 heavy (non-hydrogen) atoms. The molecule has 0 spiro atoms. The monoisotopic (exact) mass is 711 g/mol. The number of halogens is 1. The van der Waals surface area contributed by atoms with Crippen LogP contribution in [-0.2, 0) is 23.9 Å². The van der Waals surface area contributed by atoms with Gasteiger partial charge in [-0.15, -0.1) is 0 Å². The molecule has 1 fully saturated rings. The number of primary amides is 1. The van der Waals surface area contributed by atoms with Crippen LogP contribution < -0.4 is 5.73 Å². The number of Topliss-reactive ketones (excluding diaryl/α,β-unsaturated/α-hetero) is 1. The van der Waals surface area contributed by atoms with Crippen molar-refractivity contribution in [1.82, 2.24) is 0 Å². The number of aliphatic hydroxyl groups is 4. The van der Waals surface area contributed by atoms with Gasteiger partial charge in [-0.05, 0) is 32.3 Å². The fourth-order valence-corrected chi connectivity index (χ4v) is 4.91. The van der Waals surface area contributed by atoms with Crippen molar-refractivity contribution in [1.29, 1.82) is 0 Å². The Kier molecular flexibility index (Phi) is 19.0. The van der Waals surface area contributed by atoms with E-state index < -0.39 is 78.7 Å². The average Bonchev–Trinajstić information content (AvgIpc) is 2.99. The molecule has 8 atom stereocenters. The highest BCUT2D eigenvalue weighted by Crippen LogP contribution is 2.27. The van der Waals surface area contributed by atoms with Crippen LogP contribution in [0.25, 0.3) is 0 Å². The third-order valence-corrected chi connectivity index (χ3v) is 8.18. The Labute approximate surface area is 277 Å². The molecule has 0 aromatic rings. The summed E-state index contributed by atoms with van der Waals surface area (Å²) >= 11 is 3.35. The molecule has 12 nitrogen and oxygen atoms in total. The van der Waals surface area contributed by atoms with Crippen LogP contribution in [-0.4, -0.2) is 86.0 Å². The van der Waals surface area contributed by atoms with Gasteiger partial charge in [0.2, 0.25) is 0 Å². The van der Waals surface area contributed by atoms with Crippen LogP contribution in [0.1, 0.15) is 59.3 Å². The quantitative estimate of drug-likeness (QED) is 0.0523. The SMILES string of the molecule is CC/C=C/[C@H](C[C@H](O)CC(=O)[C@@H](O)[C@H](O)[C@H](C)/C(Br)=C/C=C/C=C(C)/C=C/C=C/C(=O)O[C@@H]1CC(C(=O)O)CC[C@@H]1O)OC(N)=O. The summed E-state index contributed by atoms with van der Waals surface area (Å²) in [5.74, 6) is -3.75. The summed E-state index contributed by atoms with van der Waals surface area (Å²) in [5, 5.41) is 50.4. The van der Waals surface area contributed by atoms with Crippen LogP contribution >= 0.6 is 15.9 Å². The van der Waals surface area contributed by atoms with Crippen LogP contribution in [0, 0.1) is 11.8 Å². The molecule has 7 N–H and O–H groups in total. The molecule has 0 saturated heterocycles. The lowest BCUT2D eigenvalue weighted by Crippen LogP contribution is -2.40. The molecule has 256 valence electrons. The second-order valence-electron chi connectivity index (χ2n) is 11.1. The van der Waals surface area contributed by atoms with Gasteiger partial charge in [-0.25, -0.2) is 9.59 Å². The van der Waals surface area contributed by atoms with E-state index >= 15 is 0 Å². The molecule has 0 heterocycles. The molecule has 0 aliphatic heterocycles. The van der Waals surface area contributed by atoms with E-state index in [1.165, 1.54) is 12.2 Å². The van der Waals surface area contributed by atoms with Gasteiger partial charge in [0.25, 0.3) is 0 Å². The lowest BCUT2D eigenvalue weighted by Gasteiger charge is -2.30. The number of hydrogen-bond acceptors (Lipinski definition) is 10. The summed E-state index contributed by atoms with van der Waals surface area (Å²) in [6.07, 6.45) is 8.76. The molecule has 1 unspecified atom stereocenters. The maximum Gasteiger partial charge on any atom is 0.405 e. The summed E-state index contributed by atoms with van der Waals surface area (Å²) in [7, 11) is 0. The number of nitrogens with two attached hydrogens (primary N) is 1. The average molecular weight is 713 g/mol. The van der Waals surface area contributed by atoms with Crippen molar-refractivity contribution in [3.8, 4) is 0 Å². The number of ketones is 1. The van der Waals surface area contributed by atoms with Crippen LogP contribution in [0.15, 0.2) is 70.8 Å². The number of carbonyl (C=O) groups excluding carboxylic acids is 3. The highest BCUT2D eigenvalue weighted by molar-refractivity contribution is 9.11. The van der Waals surface area contributed by atoms with Crippen molar-refractivity contribution in [3.63, 3.8) is 0 Å². The number of carboxylic acid groups (broad SMARTS) is 1. The number of carbonyl (C=O) groups is 4. The normalized spacial score (nSPS) is 23.0. The summed E-state index contributed by atoms with van der Waals surface area (Å²) in [5.41, 5.74) is 5.87. The van der Waals surface area contributed by atoms with E-state index in [4.69, 9.17) is 20.3 Å². The molecule has 1 aliphatic rings. The van der Waals surface area contributed by atoms with E-state index in [-0.39, 0.29) is 19.3 Å². The Balaban J connectivity index is 2.61. The zero-order chi connectivity index (χ0) is 34.8. The molecular formula is C33H46BrNO11. The highest BCUT2D eigenvalue weighted by Gasteiger charge is 2.35. The first kappa shape index (κ1) is 40.7. The summed E-state index contributed by atoms with van der Waals surface area (Å²) in [4.78, 5) is 46.8. The van der Waals surface area contributed by atoms with Gasteiger partial charge in [0.05, 0.1) is 24.2 Å². The fourth-order valence-electron chi connectivity index (χ4n) is 4.49. The second kappa shape index (κ2) is 21.4. The Morgan fingerprint density at radius 2 is 1.67 bits per heavy atom. The van der Waals surface area contributed by atoms with Crippen molar-refractivity contribution >= 4 is 39.7 Å². The maximum absolute atomic E-state index is 12.5.